The van der Waals surface area contributed by atoms with Crippen LogP contribution in [0.15, 0.2) is 40.9 Å². The molecule has 23 heavy (non-hydrogen) atoms. The predicted molar refractivity (Wildman–Crippen MR) is 95.1 cm³/mol. The molecule has 0 saturated carbocycles. The fourth-order valence-corrected chi connectivity index (χ4v) is 2.48. The molecule has 1 aromatic heterocycles. The van der Waals surface area contributed by atoms with Gasteiger partial charge in [-0.25, -0.2) is 4.98 Å². The summed E-state index contributed by atoms with van der Waals surface area (Å²) < 4.78 is 5.89. The van der Waals surface area contributed by atoms with Crippen LogP contribution in [0.2, 0.25) is 0 Å². The number of amides is 1. The Morgan fingerprint density at radius 2 is 2.09 bits per heavy atom. The van der Waals surface area contributed by atoms with Crippen molar-refractivity contribution in [3.8, 4) is 5.75 Å². The summed E-state index contributed by atoms with van der Waals surface area (Å²) in [5, 5.41) is 6.14. The highest BCUT2D eigenvalue weighted by Gasteiger charge is 2.10. The van der Waals surface area contributed by atoms with Gasteiger partial charge in [0.25, 0.3) is 5.91 Å². The van der Waals surface area contributed by atoms with Crippen LogP contribution in [0.1, 0.15) is 22.5 Å². The minimum absolute atomic E-state index is 0.121. The molecule has 2 rings (SSSR count). The minimum Gasteiger partial charge on any atom is -0.497 e. The Kier molecular flexibility index (Phi) is 6.40. The van der Waals surface area contributed by atoms with Crippen molar-refractivity contribution in [2.24, 2.45) is 0 Å². The monoisotopic (exact) mass is 377 g/mol. The highest BCUT2D eigenvalue weighted by molar-refractivity contribution is 9.10. The van der Waals surface area contributed by atoms with Crippen LogP contribution in [0.25, 0.3) is 0 Å². The third-order valence-corrected chi connectivity index (χ3v) is 3.94. The molecular formula is C17H20BrN3O2. The Bertz CT molecular complexity index is 677. The summed E-state index contributed by atoms with van der Waals surface area (Å²) in [5.74, 6) is 1.39. The summed E-state index contributed by atoms with van der Waals surface area (Å²) in [4.78, 5) is 16.5. The molecule has 0 aliphatic carbocycles. The number of halogens is 1. The van der Waals surface area contributed by atoms with Gasteiger partial charge >= 0.3 is 0 Å². The predicted octanol–water partition coefficient (Wildman–Crippen LogP) is 3.39. The van der Waals surface area contributed by atoms with E-state index in [9.17, 15) is 4.79 Å². The summed E-state index contributed by atoms with van der Waals surface area (Å²) in [5.41, 5.74) is 1.55. The van der Waals surface area contributed by atoms with Crippen LogP contribution < -0.4 is 15.4 Å². The number of hydrogen-bond acceptors (Lipinski definition) is 4. The average Bonchev–Trinajstić information content (AvgIpc) is 2.55. The SMILES string of the molecule is COc1ccc(Br)c(C(=O)NCCCNc2cccc(C)n2)c1. The van der Waals surface area contributed by atoms with Gasteiger partial charge in [-0.15, -0.1) is 0 Å². The van der Waals surface area contributed by atoms with Gasteiger partial charge in [0.15, 0.2) is 0 Å². The third-order valence-electron chi connectivity index (χ3n) is 3.25. The van der Waals surface area contributed by atoms with Crippen molar-refractivity contribution in [1.82, 2.24) is 10.3 Å². The number of aromatic nitrogens is 1. The summed E-state index contributed by atoms with van der Waals surface area (Å²) in [6.45, 7) is 3.29. The van der Waals surface area contributed by atoms with Gasteiger partial charge in [-0.3, -0.25) is 4.79 Å². The van der Waals surface area contributed by atoms with Gasteiger partial charge in [0, 0.05) is 23.3 Å². The fourth-order valence-electron chi connectivity index (χ4n) is 2.05. The van der Waals surface area contributed by atoms with Crippen LogP contribution >= 0.6 is 15.9 Å². The van der Waals surface area contributed by atoms with Crippen molar-refractivity contribution < 1.29 is 9.53 Å². The quantitative estimate of drug-likeness (QED) is 0.725. The van der Waals surface area contributed by atoms with Gasteiger partial charge in [0.05, 0.1) is 12.7 Å². The smallest absolute Gasteiger partial charge is 0.252 e. The normalized spacial score (nSPS) is 10.2. The molecule has 0 unspecified atom stereocenters. The molecule has 2 aromatic rings. The minimum atomic E-state index is -0.121. The molecule has 2 N–H and O–H groups in total. The van der Waals surface area contributed by atoms with Crippen molar-refractivity contribution in [3.63, 3.8) is 0 Å². The molecule has 0 spiro atoms. The van der Waals surface area contributed by atoms with Crippen molar-refractivity contribution in [2.45, 2.75) is 13.3 Å². The Labute approximate surface area is 144 Å². The molecule has 1 heterocycles. The molecule has 6 heteroatoms. The second kappa shape index (κ2) is 8.53. The van der Waals surface area contributed by atoms with Crippen molar-refractivity contribution >= 4 is 27.7 Å². The van der Waals surface area contributed by atoms with Crippen LogP contribution in [0.3, 0.4) is 0 Å². The number of rotatable bonds is 7. The number of ether oxygens (including phenoxy) is 1. The van der Waals surface area contributed by atoms with Gasteiger partial charge in [-0.2, -0.15) is 0 Å². The molecule has 0 saturated heterocycles. The standard InChI is InChI=1S/C17H20BrN3O2/c1-12-5-3-6-16(21-12)19-9-4-10-20-17(22)14-11-13(23-2)7-8-15(14)18/h3,5-8,11H,4,9-10H2,1-2H3,(H,19,21)(H,20,22). The van der Waals surface area contributed by atoms with Gasteiger partial charge in [0.2, 0.25) is 0 Å². The highest BCUT2D eigenvalue weighted by atomic mass is 79.9. The number of benzene rings is 1. The van der Waals surface area contributed by atoms with E-state index in [1.807, 2.05) is 25.1 Å². The van der Waals surface area contributed by atoms with Crippen molar-refractivity contribution in [3.05, 3.63) is 52.1 Å². The number of anilines is 1. The van der Waals surface area contributed by atoms with Gasteiger partial charge in [-0.05, 0) is 59.6 Å². The number of nitrogens with zero attached hydrogens (tertiary/aromatic N) is 1. The Morgan fingerprint density at radius 3 is 2.83 bits per heavy atom. The largest absolute Gasteiger partial charge is 0.497 e. The van der Waals surface area contributed by atoms with E-state index >= 15 is 0 Å². The van der Waals surface area contributed by atoms with Crippen molar-refractivity contribution in [1.29, 1.82) is 0 Å². The topological polar surface area (TPSA) is 63.2 Å². The first-order valence-electron chi connectivity index (χ1n) is 7.39. The number of aryl methyl sites for hydroxylation is 1. The zero-order valence-electron chi connectivity index (χ0n) is 13.2. The van der Waals surface area contributed by atoms with Gasteiger partial charge in [0.1, 0.15) is 11.6 Å². The number of methoxy groups -OCH3 is 1. The van der Waals surface area contributed by atoms with Crippen LogP contribution in [0.4, 0.5) is 5.82 Å². The molecule has 0 radical (unpaired) electrons. The van der Waals surface area contributed by atoms with Gasteiger partial charge in [-0.1, -0.05) is 6.07 Å². The van der Waals surface area contributed by atoms with E-state index in [-0.39, 0.29) is 5.91 Å². The lowest BCUT2D eigenvalue weighted by Gasteiger charge is -2.09. The lowest BCUT2D eigenvalue weighted by atomic mass is 10.2. The first kappa shape index (κ1) is 17.3. The van der Waals surface area contributed by atoms with E-state index in [1.54, 1.807) is 25.3 Å². The second-order valence-electron chi connectivity index (χ2n) is 5.05. The maximum absolute atomic E-state index is 12.2. The van der Waals surface area contributed by atoms with E-state index in [1.165, 1.54) is 0 Å². The lowest BCUT2D eigenvalue weighted by Crippen LogP contribution is -2.26. The van der Waals surface area contributed by atoms with E-state index in [0.29, 0.717) is 17.9 Å². The summed E-state index contributed by atoms with van der Waals surface area (Å²) in [7, 11) is 1.58. The first-order valence-corrected chi connectivity index (χ1v) is 8.18. The second-order valence-corrected chi connectivity index (χ2v) is 5.90. The molecule has 0 fully saturated rings. The zero-order valence-corrected chi connectivity index (χ0v) is 14.8. The Balaban J connectivity index is 1.77. The molecule has 1 aromatic carbocycles. The van der Waals surface area contributed by atoms with E-state index in [0.717, 1.165) is 29.0 Å². The number of nitrogens with one attached hydrogen (secondary N) is 2. The van der Waals surface area contributed by atoms with Gasteiger partial charge < -0.3 is 15.4 Å². The van der Waals surface area contributed by atoms with Crippen LogP contribution in [0.5, 0.6) is 5.75 Å². The van der Waals surface area contributed by atoms with E-state index in [2.05, 4.69) is 31.5 Å². The molecule has 0 aliphatic rings. The molecule has 0 bridgehead atoms. The summed E-state index contributed by atoms with van der Waals surface area (Å²) in [6, 6.07) is 11.2. The van der Waals surface area contributed by atoms with E-state index in [4.69, 9.17) is 4.74 Å². The fraction of sp³-hybridized carbons (Fsp3) is 0.294. The first-order chi connectivity index (χ1) is 11.1. The molecule has 0 aliphatic heterocycles. The van der Waals surface area contributed by atoms with Crippen LogP contribution in [0, 0.1) is 6.92 Å². The van der Waals surface area contributed by atoms with Crippen LogP contribution in [-0.2, 0) is 0 Å². The average molecular weight is 378 g/mol. The summed E-state index contributed by atoms with van der Waals surface area (Å²) in [6.07, 6.45) is 0.808. The molecule has 122 valence electrons. The Hall–Kier alpha value is -2.08. The Morgan fingerprint density at radius 1 is 1.26 bits per heavy atom. The third kappa shape index (κ3) is 5.25. The maximum Gasteiger partial charge on any atom is 0.252 e. The highest BCUT2D eigenvalue weighted by Crippen LogP contribution is 2.22. The van der Waals surface area contributed by atoms with Crippen molar-refractivity contribution in [2.75, 3.05) is 25.5 Å². The number of hydrogen-bond donors (Lipinski definition) is 2. The molecule has 5 nitrogen and oxygen atoms in total. The number of carbonyl (C=O) groups is 1. The number of carbonyl (C=O) groups excluding carboxylic acids is 1. The van der Waals surface area contributed by atoms with E-state index < -0.39 is 0 Å². The summed E-state index contributed by atoms with van der Waals surface area (Å²) >= 11 is 3.38. The number of pyridine rings is 1. The maximum atomic E-state index is 12.2. The molecule has 1 amide bonds. The molecular weight excluding hydrogens is 358 g/mol. The molecule has 0 atom stereocenters. The zero-order chi connectivity index (χ0) is 16.7. The lowest BCUT2D eigenvalue weighted by molar-refractivity contribution is 0.0952. The van der Waals surface area contributed by atoms with Crippen LogP contribution in [-0.4, -0.2) is 31.1 Å².